The average Bonchev–Trinajstić information content (AvgIpc) is 2.78. The van der Waals surface area contributed by atoms with Crippen LogP contribution < -0.4 is 21.7 Å². The van der Waals surface area contributed by atoms with E-state index in [-0.39, 0.29) is 18.6 Å². The Morgan fingerprint density at radius 1 is 0.886 bits per heavy atom. The summed E-state index contributed by atoms with van der Waals surface area (Å²) in [5, 5.41) is 43.9. The van der Waals surface area contributed by atoms with E-state index in [0.717, 1.165) is 0 Å². The molecule has 9 N–H and O–H groups in total. The Bertz CT molecular complexity index is 905. The summed E-state index contributed by atoms with van der Waals surface area (Å²) in [4.78, 5) is 60.0. The van der Waals surface area contributed by atoms with E-state index in [4.69, 9.17) is 10.8 Å². The van der Waals surface area contributed by atoms with Gasteiger partial charge in [-0.3, -0.25) is 19.2 Å². The number of amides is 3. The van der Waals surface area contributed by atoms with Gasteiger partial charge in [0.25, 0.3) is 0 Å². The quantitative estimate of drug-likeness (QED) is 0.146. The summed E-state index contributed by atoms with van der Waals surface area (Å²) in [5.41, 5.74) is 6.53. The monoisotopic (exact) mass is 496 g/mol. The van der Waals surface area contributed by atoms with Gasteiger partial charge in [-0.1, -0.05) is 26.0 Å². The Morgan fingerprint density at radius 2 is 1.43 bits per heavy atom. The van der Waals surface area contributed by atoms with Gasteiger partial charge < -0.3 is 42.1 Å². The number of carbonyl (C=O) groups is 5. The molecule has 1 rings (SSSR count). The number of aliphatic hydroxyl groups is 1. The summed E-state index contributed by atoms with van der Waals surface area (Å²) in [6.45, 7) is 2.25. The lowest BCUT2D eigenvalue weighted by Gasteiger charge is -2.25. The number of nitrogens with one attached hydrogen (secondary N) is 3. The zero-order chi connectivity index (χ0) is 26.7. The second-order valence-electron chi connectivity index (χ2n) is 8.28. The lowest BCUT2D eigenvalue weighted by atomic mass is 10.0. The van der Waals surface area contributed by atoms with E-state index in [0.29, 0.717) is 5.56 Å². The Kier molecular flexibility index (Phi) is 11.6. The average molecular weight is 497 g/mol. The second kappa shape index (κ2) is 13.9. The normalized spacial score (nSPS) is 14.3. The number of aliphatic carboxylic acids is 2. The summed E-state index contributed by atoms with van der Waals surface area (Å²) in [5.74, 6) is -5.67. The third kappa shape index (κ3) is 9.98. The molecular formula is C22H32N4O9. The van der Waals surface area contributed by atoms with E-state index < -0.39 is 72.8 Å². The number of rotatable bonds is 14. The van der Waals surface area contributed by atoms with Crippen LogP contribution in [-0.4, -0.2) is 80.9 Å². The highest BCUT2D eigenvalue weighted by atomic mass is 16.4. The van der Waals surface area contributed by atoms with Gasteiger partial charge in [0.15, 0.2) is 0 Å². The van der Waals surface area contributed by atoms with E-state index in [9.17, 15) is 39.3 Å². The smallest absolute Gasteiger partial charge is 0.326 e. The molecule has 0 aliphatic rings. The van der Waals surface area contributed by atoms with E-state index in [1.165, 1.54) is 12.1 Å². The van der Waals surface area contributed by atoms with Crippen molar-refractivity contribution in [3.05, 3.63) is 29.8 Å². The van der Waals surface area contributed by atoms with Gasteiger partial charge in [-0.15, -0.1) is 0 Å². The first-order valence-corrected chi connectivity index (χ1v) is 10.9. The molecule has 4 unspecified atom stereocenters. The minimum Gasteiger partial charge on any atom is -0.508 e. The molecule has 0 saturated heterocycles. The van der Waals surface area contributed by atoms with Crippen LogP contribution in [0.25, 0.3) is 0 Å². The van der Waals surface area contributed by atoms with Crippen molar-refractivity contribution in [2.24, 2.45) is 11.7 Å². The molecule has 0 aromatic heterocycles. The minimum absolute atomic E-state index is 0.0303. The van der Waals surface area contributed by atoms with Crippen LogP contribution >= 0.6 is 0 Å². The fourth-order valence-corrected chi connectivity index (χ4v) is 3.03. The van der Waals surface area contributed by atoms with Crippen molar-refractivity contribution < 1.29 is 44.4 Å². The molecule has 13 nitrogen and oxygen atoms in total. The predicted octanol–water partition coefficient (Wildman–Crippen LogP) is -1.69. The number of carboxylic acids is 2. The van der Waals surface area contributed by atoms with Crippen molar-refractivity contribution in [3.8, 4) is 5.75 Å². The fraction of sp³-hybridized carbons (Fsp3) is 0.500. The minimum atomic E-state index is -1.54. The molecule has 0 saturated carbocycles. The second-order valence-corrected chi connectivity index (χ2v) is 8.28. The van der Waals surface area contributed by atoms with Crippen LogP contribution in [-0.2, 0) is 30.4 Å². The highest BCUT2D eigenvalue weighted by Gasteiger charge is 2.31. The number of phenols is 1. The number of aromatic hydroxyl groups is 1. The molecular weight excluding hydrogens is 464 g/mol. The van der Waals surface area contributed by atoms with E-state index in [1.807, 2.05) is 0 Å². The molecule has 0 heterocycles. The molecule has 3 amide bonds. The maximum atomic E-state index is 12.7. The number of carbonyl (C=O) groups excluding carboxylic acids is 3. The van der Waals surface area contributed by atoms with Gasteiger partial charge in [0, 0.05) is 6.42 Å². The molecule has 13 heteroatoms. The molecule has 4 atom stereocenters. The Hall–Kier alpha value is -3.71. The van der Waals surface area contributed by atoms with Crippen molar-refractivity contribution in [1.29, 1.82) is 0 Å². The van der Waals surface area contributed by atoms with Crippen LogP contribution in [0.2, 0.25) is 0 Å². The Labute approximate surface area is 201 Å². The number of benzene rings is 1. The molecule has 1 aromatic rings. The van der Waals surface area contributed by atoms with Crippen molar-refractivity contribution >= 4 is 29.7 Å². The van der Waals surface area contributed by atoms with E-state index in [2.05, 4.69) is 16.0 Å². The van der Waals surface area contributed by atoms with Crippen molar-refractivity contribution in [2.75, 3.05) is 6.61 Å². The summed E-state index contributed by atoms with van der Waals surface area (Å²) in [6, 6.07) is 0.624. The molecule has 0 bridgehead atoms. The lowest BCUT2D eigenvalue weighted by molar-refractivity contribution is -0.143. The largest absolute Gasteiger partial charge is 0.508 e. The van der Waals surface area contributed by atoms with Gasteiger partial charge in [0.1, 0.15) is 23.9 Å². The van der Waals surface area contributed by atoms with Gasteiger partial charge in [-0.25, -0.2) is 4.79 Å². The SMILES string of the molecule is CC(C)C(NC(=O)C(CO)NC(=O)C(CCC(=O)O)NC(=O)C(N)Cc1ccc(O)cc1)C(=O)O. The van der Waals surface area contributed by atoms with E-state index >= 15 is 0 Å². The van der Waals surface area contributed by atoms with E-state index in [1.54, 1.807) is 26.0 Å². The van der Waals surface area contributed by atoms with Crippen LogP contribution in [0, 0.1) is 5.92 Å². The first kappa shape index (κ1) is 29.3. The first-order valence-electron chi connectivity index (χ1n) is 10.9. The third-order valence-electron chi connectivity index (χ3n) is 5.05. The number of phenolic OH excluding ortho intramolecular Hbond substituents is 1. The van der Waals surface area contributed by atoms with Crippen molar-refractivity contribution in [3.63, 3.8) is 0 Å². The summed E-state index contributed by atoms with van der Waals surface area (Å²) < 4.78 is 0. The molecule has 1 aromatic carbocycles. The molecule has 0 spiro atoms. The lowest BCUT2D eigenvalue weighted by Crippen LogP contribution is -2.58. The van der Waals surface area contributed by atoms with Gasteiger partial charge in [0.05, 0.1) is 12.6 Å². The number of nitrogens with two attached hydrogens (primary N) is 1. The van der Waals surface area contributed by atoms with Crippen LogP contribution in [0.5, 0.6) is 5.75 Å². The Morgan fingerprint density at radius 3 is 1.91 bits per heavy atom. The Balaban J connectivity index is 2.89. The maximum absolute atomic E-state index is 12.7. The highest BCUT2D eigenvalue weighted by Crippen LogP contribution is 2.11. The molecule has 35 heavy (non-hydrogen) atoms. The van der Waals surface area contributed by atoms with Gasteiger partial charge in [-0.2, -0.15) is 0 Å². The van der Waals surface area contributed by atoms with Crippen molar-refractivity contribution in [2.45, 2.75) is 57.3 Å². The molecule has 194 valence electrons. The summed E-state index contributed by atoms with van der Waals surface area (Å²) >= 11 is 0. The van der Waals surface area contributed by atoms with Crippen LogP contribution in [0.4, 0.5) is 0 Å². The number of hydrogen-bond acceptors (Lipinski definition) is 8. The zero-order valence-electron chi connectivity index (χ0n) is 19.4. The van der Waals surface area contributed by atoms with Crippen LogP contribution in [0.15, 0.2) is 24.3 Å². The first-order chi connectivity index (χ1) is 16.3. The highest BCUT2D eigenvalue weighted by molar-refractivity contribution is 5.94. The van der Waals surface area contributed by atoms with Crippen LogP contribution in [0.1, 0.15) is 32.3 Å². The fourth-order valence-electron chi connectivity index (χ4n) is 3.03. The van der Waals surface area contributed by atoms with Gasteiger partial charge in [-0.05, 0) is 36.5 Å². The standard InChI is InChI=1S/C22H32N4O9/c1-11(2)18(22(34)35)26-21(33)16(10-27)25-20(32)15(7-8-17(29)30)24-19(31)14(23)9-12-3-5-13(28)6-4-12/h3-6,11,14-16,18,27-28H,7-10,23H2,1-2H3,(H,24,31)(H,25,32)(H,26,33)(H,29,30)(H,34,35). The van der Waals surface area contributed by atoms with Crippen molar-refractivity contribution in [1.82, 2.24) is 16.0 Å². The summed E-state index contributed by atoms with van der Waals surface area (Å²) in [7, 11) is 0. The number of hydrogen-bond donors (Lipinski definition) is 8. The number of aliphatic hydroxyl groups excluding tert-OH is 1. The van der Waals surface area contributed by atoms with Gasteiger partial charge >= 0.3 is 11.9 Å². The van der Waals surface area contributed by atoms with Crippen LogP contribution in [0.3, 0.4) is 0 Å². The number of carboxylic acid groups (broad SMARTS) is 2. The predicted molar refractivity (Wildman–Crippen MR) is 122 cm³/mol. The van der Waals surface area contributed by atoms with Gasteiger partial charge in [0.2, 0.25) is 17.7 Å². The molecule has 0 fully saturated rings. The maximum Gasteiger partial charge on any atom is 0.326 e. The molecule has 0 radical (unpaired) electrons. The molecule has 0 aliphatic carbocycles. The third-order valence-corrected chi connectivity index (χ3v) is 5.05. The zero-order valence-corrected chi connectivity index (χ0v) is 19.4. The topological polar surface area (TPSA) is 228 Å². The summed E-state index contributed by atoms with van der Waals surface area (Å²) in [6.07, 6.45) is -0.759. The molecule has 0 aliphatic heterocycles.